The highest BCUT2D eigenvalue weighted by atomic mass is 16.5. The molecule has 30 heavy (non-hydrogen) atoms. The van der Waals surface area contributed by atoms with Crippen LogP contribution in [0.1, 0.15) is 12.8 Å². The molecule has 0 amide bonds. The molecule has 0 bridgehead atoms. The van der Waals surface area contributed by atoms with Gasteiger partial charge in [0, 0.05) is 51.5 Å². The molecule has 2 unspecified atom stereocenters. The maximum Gasteiger partial charge on any atom is 0.191 e. The summed E-state index contributed by atoms with van der Waals surface area (Å²) in [7, 11) is 3.59. The summed E-state index contributed by atoms with van der Waals surface area (Å²) >= 11 is 0. The molecule has 6 heteroatoms. The zero-order valence-corrected chi connectivity index (χ0v) is 18.1. The van der Waals surface area contributed by atoms with Gasteiger partial charge in [-0.05, 0) is 43.0 Å². The molecule has 2 fully saturated rings. The molecule has 6 nitrogen and oxygen atoms in total. The molecular formula is C24H33N5O. The van der Waals surface area contributed by atoms with Gasteiger partial charge in [-0.15, -0.1) is 0 Å². The van der Waals surface area contributed by atoms with Crippen molar-refractivity contribution in [1.29, 1.82) is 0 Å². The number of benzene rings is 2. The molecule has 2 aromatic carbocycles. The van der Waals surface area contributed by atoms with Crippen LogP contribution in [0.5, 0.6) is 5.75 Å². The Bertz CT molecular complexity index is 840. The quantitative estimate of drug-likeness (QED) is 0.570. The average Bonchev–Trinajstić information content (AvgIpc) is 3.47. The summed E-state index contributed by atoms with van der Waals surface area (Å²) in [5.41, 5.74) is 2.49. The summed E-state index contributed by atoms with van der Waals surface area (Å²) in [4.78, 5) is 9.32. The van der Waals surface area contributed by atoms with E-state index in [2.05, 4.69) is 67.9 Å². The fourth-order valence-electron chi connectivity index (χ4n) is 4.49. The van der Waals surface area contributed by atoms with Gasteiger partial charge in [-0.3, -0.25) is 4.99 Å². The van der Waals surface area contributed by atoms with Crippen molar-refractivity contribution < 1.29 is 4.74 Å². The monoisotopic (exact) mass is 407 g/mol. The first-order chi connectivity index (χ1) is 14.8. The first kappa shape index (κ1) is 20.4. The maximum atomic E-state index is 5.53. The third-order valence-electron chi connectivity index (χ3n) is 6.14. The Morgan fingerprint density at radius 3 is 2.57 bits per heavy atom. The van der Waals surface area contributed by atoms with Crippen LogP contribution in [0.3, 0.4) is 0 Å². The standard InChI is InChI=1S/C24H33N5O/c1-25-24(26-16-19-12-14-28(17-19)21-8-4-3-5-9-21)27-20-13-15-29(18-20)22-10-6-7-11-23(22)30-2/h3-11,19-20H,12-18H2,1-2H3,(H2,25,26,27). The summed E-state index contributed by atoms with van der Waals surface area (Å²) in [6, 6.07) is 19.3. The topological polar surface area (TPSA) is 52.1 Å². The van der Waals surface area contributed by atoms with Crippen LogP contribution >= 0.6 is 0 Å². The zero-order valence-electron chi connectivity index (χ0n) is 18.1. The predicted octanol–water partition coefficient (Wildman–Crippen LogP) is 2.97. The van der Waals surface area contributed by atoms with Crippen LogP contribution in [-0.2, 0) is 0 Å². The van der Waals surface area contributed by atoms with Crippen molar-refractivity contribution in [1.82, 2.24) is 10.6 Å². The number of aliphatic imine (C=N–C) groups is 1. The number of rotatable bonds is 6. The number of nitrogens with one attached hydrogen (secondary N) is 2. The normalized spacial score (nSPS) is 21.7. The lowest BCUT2D eigenvalue weighted by Gasteiger charge is -2.23. The molecule has 2 N–H and O–H groups in total. The Kier molecular flexibility index (Phi) is 6.62. The van der Waals surface area contributed by atoms with Gasteiger partial charge in [0.05, 0.1) is 12.8 Å². The highest BCUT2D eigenvalue weighted by Crippen LogP contribution is 2.30. The van der Waals surface area contributed by atoms with E-state index in [0.29, 0.717) is 12.0 Å². The number of guanidine groups is 1. The van der Waals surface area contributed by atoms with Crippen molar-refractivity contribution in [2.75, 3.05) is 56.7 Å². The van der Waals surface area contributed by atoms with Crippen LogP contribution in [0.15, 0.2) is 59.6 Å². The largest absolute Gasteiger partial charge is 0.495 e. The molecule has 2 aromatic rings. The highest BCUT2D eigenvalue weighted by molar-refractivity contribution is 5.80. The van der Waals surface area contributed by atoms with E-state index in [1.807, 2.05) is 19.2 Å². The van der Waals surface area contributed by atoms with E-state index in [9.17, 15) is 0 Å². The third kappa shape index (κ3) is 4.81. The van der Waals surface area contributed by atoms with Crippen LogP contribution in [0.25, 0.3) is 0 Å². The Morgan fingerprint density at radius 1 is 1.00 bits per heavy atom. The molecule has 2 aliphatic rings. The van der Waals surface area contributed by atoms with Crippen LogP contribution in [-0.4, -0.2) is 58.9 Å². The van der Waals surface area contributed by atoms with Crippen molar-refractivity contribution in [3.63, 3.8) is 0 Å². The number of anilines is 2. The fourth-order valence-corrected chi connectivity index (χ4v) is 4.49. The first-order valence-corrected chi connectivity index (χ1v) is 10.9. The van der Waals surface area contributed by atoms with Gasteiger partial charge in [0.2, 0.25) is 0 Å². The van der Waals surface area contributed by atoms with Gasteiger partial charge in [0.25, 0.3) is 0 Å². The molecule has 0 radical (unpaired) electrons. The molecule has 160 valence electrons. The van der Waals surface area contributed by atoms with E-state index >= 15 is 0 Å². The van der Waals surface area contributed by atoms with Crippen molar-refractivity contribution in [3.8, 4) is 5.75 Å². The summed E-state index contributed by atoms with van der Waals surface area (Å²) < 4.78 is 5.53. The summed E-state index contributed by atoms with van der Waals surface area (Å²) in [6.45, 7) is 5.14. The van der Waals surface area contributed by atoms with Gasteiger partial charge in [0.15, 0.2) is 5.96 Å². The second-order valence-corrected chi connectivity index (χ2v) is 8.14. The second-order valence-electron chi connectivity index (χ2n) is 8.14. The summed E-state index contributed by atoms with van der Waals surface area (Å²) in [5.74, 6) is 2.47. The van der Waals surface area contributed by atoms with Gasteiger partial charge in [0.1, 0.15) is 5.75 Å². The van der Waals surface area contributed by atoms with Crippen LogP contribution in [0.4, 0.5) is 11.4 Å². The molecular weight excluding hydrogens is 374 g/mol. The number of methoxy groups -OCH3 is 1. The predicted molar refractivity (Wildman–Crippen MR) is 125 cm³/mol. The van der Waals surface area contributed by atoms with E-state index < -0.39 is 0 Å². The smallest absolute Gasteiger partial charge is 0.191 e. The molecule has 0 aromatic heterocycles. The molecule has 4 rings (SSSR count). The van der Waals surface area contributed by atoms with E-state index in [0.717, 1.165) is 50.9 Å². The van der Waals surface area contributed by atoms with Gasteiger partial charge in [-0.1, -0.05) is 30.3 Å². The maximum absolute atomic E-state index is 5.53. The minimum absolute atomic E-state index is 0.380. The second kappa shape index (κ2) is 9.74. The molecule has 2 aliphatic heterocycles. The molecule has 0 aliphatic carbocycles. The summed E-state index contributed by atoms with van der Waals surface area (Å²) in [6.07, 6.45) is 2.30. The number of hydrogen-bond acceptors (Lipinski definition) is 4. The number of para-hydroxylation sites is 3. The van der Waals surface area contributed by atoms with E-state index in [4.69, 9.17) is 4.74 Å². The lowest BCUT2D eigenvalue weighted by Crippen LogP contribution is -2.46. The van der Waals surface area contributed by atoms with Crippen LogP contribution in [0.2, 0.25) is 0 Å². The number of hydrogen-bond donors (Lipinski definition) is 2. The van der Waals surface area contributed by atoms with Gasteiger partial charge in [-0.2, -0.15) is 0 Å². The molecule has 2 heterocycles. The van der Waals surface area contributed by atoms with Crippen molar-refractivity contribution >= 4 is 17.3 Å². The third-order valence-corrected chi connectivity index (χ3v) is 6.14. The van der Waals surface area contributed by atoms with E-state index in [1.165, 1.54) is 17.8 Å². The van der Waals surface area contributed by atoms with Crippen molar-refractivity contribution in [2.45, 2.75) is 18.9 Å². The molecule has 0 spiro atoms. The van der Waals surface area contributed by atoms with Gasteiger partial charge in [-0.25, -0.2) is 0 Å². The lowest BCUT2D eigenvalue weighted by atomic mass is 10.1. The minimum Gasteiger partial charge on any atom is -0.495 e. The summed E-state index contributed by atoms with van der Waals surface area (Å²) in [5, 5.41) is 7.17. The fraction of sp³-hybridized carbons (Fsp3) is 0.458. The Hall–Kier alpha value is -2.89. The molecule has 2 atom stereocenters. The van der Waals surface area contributed by atoms with Gasteiger partial charge >= 0.3 is 0 Å². The zero-order chi connectivity index (χ0) is 20.8. The Balaban J connectivity index is 1.25. The Labute approximate surface area is 179 Å². The van der Waals surface area contributed by atoms with Crippen molar-refractivity contribution in [3.05, 3.63) is 54.6 Å². The van der Waals surface area contributed by atoms with Crippen molar-refractivity contribution in [2.24, 2.45) is 10.9 Å². The average molecular weight is 408 g/mol. The SMILES string of the molecule is CN=C(NCC1CCN(c2ccccc2)C1)NC1CCN(c2ccccc2OC)C1. The molecule has 2 saturated heterocycles. The van der Waals surface area contributed by atoms with Gasteiger partial charge < -0.3 is 25.2 Å². The molecule has 0 saturated carbocycles. The minimum atomic E-state index is 0.380. The number of nitrogens with zero attached hydrogens (tertiary/aromatic N) is 3. The van der Waals surface area contributed by atoms with E-state index in [-0.39, 0.29) is 0 Å². The Morgan fingerprint density at radius 2 is 1.77 bits per heavy atom. The first-order valence-electron chi connectivity index (χ1n) is 10.9. The van der Waals surface area contributed by atoms with E-state index in [1.54, 1.807) is 7.11 Å². The van der Waals surface area contributed by atoms with Crippen LogP contribution < -0.4 is 25.2 Å². The highest BCUT2D eigenvalue weighted by Gasteiger charge is 2.26. The van der Waals surface area contributed by atoms with Crippen LogP contribution in [0, 0.1) is 5.92 Å². The number of ether oxygens (including phenoxy) is 1. The lowest BCUT2D eigenvalue weighted by molar-refractivity contribution is 0.415.